The van der Waals surface area contributed by atoms with Gasteiger partial charge < -0.3 is 5.73 Å². The van der Waals surface area contributed by atoms with Crippen molar-refractivity contribution in [2.45, 2.75) is 39.9 Å². The Kier molecular flexibility index (Phi) is 3.18. The van der Waals surface area contributed by atoms with E-state index >= 15 is 0 Å². The second-order valence-corrected chi connectivity index (χ2v) is 4.22. The molecule has 4 heteroatoms. The maximum Gasteiger partial charge on any atom is 0.403 e. The SMILES string of the molecule is CC(C(N)C(F)(F)F)C(C)(C)C. The minimum absolute atomic E-state index is 0.408. The summed E-state index contributed by atoms with van der Waals surface area (Å²) in [5.74, 6) is -0.572. The largest absolute Gasteiger partial charge is 0.403 e. The lowest BCUT2D eigenvalue weighted by Gasteiger charge is -2.33. The Bertz CT molecular complexity index is 127. The third-order valence-electron chi connectivity index (χ3n) is 2.28. The number of halogens is 3. The molecule has 1 nitrogen and oxygen atoms in total. The van der Waals surface area contributed by atoms with Crippen LogP contribution in [0, 0.1) is 11.3 Å². The quantitative estimate of drug-likeness (QED) is 0.664. The Morgan fingerprint density at radius 1 is 1.08 bits per heavy atom. The molecule has 0 fully saturated rings. The molecule has 0 aromatic carbocycles. The Morgan fingerprint density at radius 3 is 1.50 bits per heavy atom. The van der Waals surface area contributed by atoms with E-state index in [0.29, 0.717) is 0 Å². The van der Waals surface area contributed by atoms with Crippen LogP contribution >= 0.6 is 0 Å². The molecule has 0 saturated heterocycles. The van der Waals surface area contributed by atoms with Crippen molar-refractivity contribution in [3.63, 3.8) is 0 Å². The van der Waals surface area contributed by atoms with Crippen LogP contribution in [0.25, 0.3) is 0 Å². The third kappa shape index (κ3) is 3.01. The topological polar surface area (TPSA) is 26.0 Å². The van der Waals surface area contributed by atoms with Crippen LogP contribution in [0.3, 0.4) is 0 Å². The van der Waals surface area contributed by atoms with Crippen LogP contribution in [-0.4, -0.2) is 12.2 Å². The maximum atomic E-state index is 12.1. The molecule has 0 aliphatic heterocycles. The normalized spacial score (nSPS) is 19.0. The van der Waals surface area contributed by atoms with Crippen LogP contribution < -0.4 is 5.73 Å². The molecule has 0 aliphatic carbocycles. The molecule has 2 atom stereocenters. The molecule has 12 heavy (non-hydrogen) atoms. The zero-order chi connectivity index (χ0) is 10.2. The number of hydrogen-bond acceptors (Lipinski definition) is 1. The minimum atomic E-state index is -4.29. The average molecular weight is 183 g/mol. The fourth-order valence-electron chi connectivity index (χ4n) is 0.822. The first-order valence-corrected chi connectivity index (χ1v) is 3.89. The molecule has 0 aliphatic rings. The summed E-state index contributed by atoms with van der Waals surface area (Å²) in [7, 11) is 0. The van der Waals surface area contributed by atoms with E-state index in [1.54, 1.807) is 20.8 Å². The van der Waals surface area contributed by atoms with E-state index in [4.69, 9.17) is 5.73 Å². The number of rotatable bonds is 1. The van der Waals surface area contributed by atoms with Gasteiger partial charge >= 0.3 is 6.18 Å². The monoisotopic (exact) mass is 183 g/mol. The fraction of sp³-hybridized carbons (Fsp3) is 1.00. The van der Waals surface area contributed by atoms with E-state index in [1.165, 1.54) is 6.92 Å². The van der Waals surface area contributed by atoms with Gasteiger partial charge in [-0.15, -0.1) is 0 Å². The molecule has 0 aromatic heterocycles. The lowest BCUT2D eigenvalue weighted by molar-refractivity contribution is -0.165. The van der Waals surface area contributed by atoms with Crippen LogP contribution in [0.5, 0.6) is 0 Å². The number of hydrogen-bond donors (Lipinski definition) is 1. The van der Waals surface area contributed by atoms with E-state index in [1.807, 2.05) is 0 Å². The smallest absolute Gasteiger partial charge is 0.320 e. The molecular formula is C8H16F3N. The molecule has 0 amide bonds. The molecule has 0 rings (SSSR count). The van der Waals surface area contributed by atoms with Crippen LogP contribution in [0.2, 0.25) is 0 Å². The van der Waals surface area contributed by atoms with Crippen molar-refractivity contribution in [2.24, 2.45) is 17.1 Å². The Labute approximate surface area is 71.1 Å². The lowest BCUT2D eigenvalue weighted by Crippen LogP contribution is -2.47. The van der Waals surface area contributed by atoms with Crippen molar-refractivity contribution in [3.8, 4) is 0 Å². The summed E-state index contributed by atoms with van der Waals surface area (Å²) in [6.07, 6.45) is -4.29. The average Bonchev–Trinajstić information content (AvgIpc) is 1.80. The zero-order valence-electron chi connectivity index (χ0n) is 7.87. The van der Waals surface area contributed by atoms with Crippen molar-refractivity contribution in [1.29, 1.82) is 0 Å². The van der Waals surface area contributed by atoms with E-state index in [-0.39, 0.29) is 0 Å². The third-order valence-corrected chi connectivity index (χ3v) is 2.28. The summed E-state index contributed by atoms with van der Waals surface area (Å²) in [6, 6.07) is -1.72. The highest BCUT2D eigenvalue weighted by Gasteiger charge is 2.43. The van der Waals surface area contributed by atoms with Gasteiger partial charge in [0.25, 0.3) is 0 Å². The fourth-order valence-corrected chi connectivity index (χ4v) is 0.822. The molecule has 0 heterocycles. The van der Waals surface area contributed by atoms with Gasteiger partial charge in [-0.2, -0.15) is 13.2 Å². The van der Waals surface area contributed by atoms with E-state index in [2.05, 4.69) is 0 Å². The molecule has 0 saturated carbocycles. The highest BCUT2D eigenvalue weighted by molar-refractivity contribution is 4.84. The summed E-state index contributed by atoms with van der Waals surface area (Å²) in [4.78, 5) is 0. The first-order chi connectivity index (χ1) is 5.07. The van der Waals surface area contributed by atoms with Gasteiger partial charge in [0.2, 0.25) is 0 Å². The van der Waals surface area contributed by atoms with Crippen molar-refractivity contribution in [1.82, 2.24) is 0 Å². The van der Waals surface area contributed by atoms with Crippen LogP contribution in [0.4, 0.5) is 13.2 Å². The van der Waals surface area contributed by atoms with Gasteiger partial charge in [-0.05, 0) is 11.3 Å². The van der Waals surface area contributed by atoms with Crippen LogP contribution in [-0.2, 0) is 0 Å². The summed E-state index contributed by atoms with van der Waals surface area (Å²) < 4.78 is 36.3. The van der Waals surface area contributed by atoms with E-state index in [9.17, 15) is 13.2 Å². The summed E-state index contributed by atoms with van der Waals surface area (Å²) in [5, 5.41) is 0. The second kappa shape index (κ2) is 3.24. The van der Waals surface area contributed by atoms with Crippen LogP contribution in [0.15, 0.2) is 0 Å². The van der Waals surface area contributed by atoms with Gasteiger partial charge in [0.15, 0.2) is 0 Å². The standard InChI is InChI=1S/C8H16F3N/c1-5(7(2,3)4)6(12)8(9,10)11/h5-6H,12H2,1-4H3. The molecule has 2 unspecified atom stereocenters. The molecule has 0 bridgehead atoms. The maximum absolute atomic E-state index is 12.1. The van der Waals surface area contributed by atoms with Gasteiger partial charge in [-0.3, -0.25) is 0 Å². The summed E-state index contributed by atoms with van der Waals surface area (Å²) in [6.45, 7) is 6.79. The highest BCUT2D eigenvalue weighted by Crippen LogP contribution is 2.34. The van der Waals surface area contributed by atoms with Gasteiger partial charge in [0, 0.05) is 0 Å². The zero-order valence-corrected chi connectivity index (χ0v) is 7.87. The molecule has 74 valence electrons. The number of alkyl halides is 3. The molecule has 0 radical (unpaired) electrons. The van der Waals surface area contributed by atoms with E-state index < -0.39 is 23.6 Å². The Morgan fingerprint density at radius 2 is 1.42 bits per heavy atom. The molecule has 0 spiro atoms. The van der Waals surface area contributed by atoms with Crippen molar-refractivity contribution in [3.05, 3.63) is 0 Å². The van der Waals surface area contributed by atoms with Gasteiger partial charge in [0.1, 0.15) is 6.04 Å². The highest BCUT2D eigenvalue weighted by atomic mass is 19.4. The summed E-state index contributed by atoms with van der Waals surface area (Å²) >= 11 is 0. The molecule has 0 aromatic rings. The summed E-state index contributed by atoms with van der Waals surface area (Å²) in [5.41, 5.74) is 4.65. The Hall–Kier alpha value is -0.250. The van der Waals surface area contributed by atoms with Crippen molar-refractivity contribution >= 4 is 0 Å². The predicted octanol–water partition coefficient (Wildman–Crippen LogP) is 2.56. The first kappa shape index (κ1) is 11.8. The minimum Gasteiger partial charge on any atom is -0.320 e. The van der Waals surface area contributed by atoms with Gasteiger partial charge in [0.05, 0.1) is 0 Å². The van der Waals surface area contributed by atoms with Gasteiger partial charge in [-0.1, -0.05) is 27.7 Å². The first-order valence-electron chi connectivity index (χ1n) is 3.89. The van der Waals surface area contributed by atoms with Crippen LogP contribution in [0.1, 0.15) is 27.7 Å². The van der Waals surface area contributed by atoms with E-state index in [0.717, 1.165) is 0 Å². The molecular weight excluding hydrogens is 167 g/mol. The molecule has 2 N–H and O–H groups in total. The number of nitrogens with two attached hydrogens (primary N) is 1. The van der Waals surface area contributed by atoms with Crippen molar-refractivity contribution < 1.29 is 13.2 Å². The van der Waals surface area contributed by atoms with Crippen molar-refractivity contribution in [2.75, 3.05) is 0 Å². The Balaban J connectivity index is 4.41. The second-order valence-electron chi connectivity index (χ2n) is 4.22. The lowest BCUT2D eigenvalue weighted by atomic mass is 9.77. The van der Waals surface area contributed by atoms with Gasteiger partial charge in [-0.25, -0.2) is 0 Å². The predicted molar refractivity (Wildman–Crippen MR) is 42.6 cm³/mol.